The lowest BCUT2D eigenvalue weighted by molar-refractivity contribution is 0.347. The molecule has 0 bridgehead atoms. The van der Waals surface area contributed by atoms with Crippen LogP contribution in [0.5, 0.6) is 0 Å². The smallest absolute Gasteiger partial charge is 0.261 e. The highest BCUT2D eigenvalue weighted by Crippen LogP contribution is 2.24. The Balaban J connectivity index is 1.49. The van der Waals surface area contributed by atoms with Gasteiger partial charge in [0.1, 0.15) is 17.5 Å². The molecule has 146 valence electrons. The van der Waals surface area contributed by atoms with Crippen LogP contribution in [0.15, 0.2) is 40.4 Å². The van der Waals surface area contributed by atoms with Gasteiger partial charge in [0.05, 0.1) is 10.9 Å². The fraction of sp³-hybridized carbons (Fsp3) is 0.400. The van der Waals surface area contributed by atoms with Crippen LogP contribution in [0.4, 0.5) is 10.2 Å². The number of halogens is 1. The number of aryl methyl sites for hydroxylation is 1. The summed E-state index contributed by atoms with van der Waals surface area (Å²) in [6, 6.07) is 6.10. The molecular formula is C20H22FN5OS. The SMILES string of the molecule is CSc1nccc(N2CCC(Cn3c(C)nc4cc(F)ccc4c3=O)CC2)n1. The molecule has 1 saturated heterocycles. The van der Waals surface area contributed by atoms with Gasteiger partial charge in [0, 0.05) is 31.9 Å². The third-order valence-electron chi connectivity index (χ3n) is 5.29. The lowest BCUT2D eigenvalue weighted by Crippen LogP contribution is -2.37. The lowest BCUT2D eigenvalue weighted by atomic mass is 9.96. The molecular weight excluding hydrogens is 377 g/mol. The molecule has 0 spiro atoms. The molecule has 0 atom stereocenters. The molecule has 0 radical (unpaired) electrons. The molecule has 1 fully saturated rings. The van der Waals surface area contributed by atoms with Crippen molar-refractivity contribution in [2.24, 2.45) is 5.92 Å². The molecule has 1 aliphatic heterocycles. The van der Waals surface area contributed by atoms with Gasteiger partial charge in [0.2, 0.25) is 0 Å². The first kappa shape index (κ1) is 18.9. The predicted octanol–water partition coefficient (Wildman–Crippen LogP) is 3.27. The van der Waals surface area contributed by atoms with Gasteiger partial charge in [-0.15, -0.1) is 0 Å². The fourth-order valence-electron chi connectivity index (χ4n) is 3.73. The van der Waals surface area contributed by atoms with Crippen molar-refractivity contribution >= 4 is 28.5 Å². The van der Waals surface area contributed by atoms with E-state index in [4.69, 9.17) is 0 Å². The first-order valence-electron chi connectivity index (χ1n) is 9.34. The second kappa shape index (κ2) is 7.87. The average molecular weight is 399 g/mol. The van der Waals surface area contributed by atoms with Crippen LogP contribution in [0.2, 0.25) is 0 Å². The first-order chi connectivity index (χ1) is 13.5. The monoisotopic (exact) mass is 399 g/mol. The van der Waals surface area contributed by atoms with Crippen molar-refractivity contribution in [3.63, 3.8) is 0 Å². The number of anilines is 1. The Morgan fingerprint density at radius 1 is 1.21 bits per heavy atom. The number of aromatic nitrogens is 4. The van der Waals surface area contributed by atoms with Gasteiger partial charge in [-0.25, -0.2) is 19.3 Å². The van der Waals surface area contributed by atoms with E-state index in [9.17, 15) is 9.18 Å². The summed E-state index contributed by atoms with van der Waals surface area (Å²) in [7, 11) is 0. The average Bonchev–Trinajstić information content (AvgIpc) is 2.71. The van der Waals surface area contributed by atoms with Crippen LogP contribution >= 0.6 is 11.8 Å². The zero-order chi connectivity index (χ0) is 19.7. The van der Waals surface area contributed by atoms with Crippen LogP contribution < -0.4 is 10.5 Å². The molecule has 6 nitrogen and oxygen atoms in total. The summed E-state index contributed by atoms with van der Waals surface area (Å²) in [5, 5.41) is 1.25. The van der Waals surface area contributed by atoms with Gasteiger partial charge in [-0.3, -0.25) is 9.36 Å². The summed E-state index contributed by atoms with van der Waals surface area (Å²) >= 11 is 1.54. The van der Waals surface area contributed by atoms with Gasteiger partial charge >= 0.3 is 0 Å². The molecule has 3 aromatic rings. The summed E-state index contributed by atoms with van der Waals surface area (Å²) in [6.07, 6.45) is 5.72. The molecule has 3 heterocycles. The van der Waals surface area contributed by atoms with E-state index >= 15 is 0 Å². The summed E-state index contributed by atoms with van der Waals surface area (Å²) in [6.45, 7) is 4.25. The standard InChI is InChI=1S/C20H22FN5OS/c1-13-23-17-11-15(21)3-4-16(17)19(27)26(13)12-14-6-9-25(10-7-14)18-5-8-22-20(24-18)28-2/h3-5,8,11,14H,6-7,9-10,12H2,1-2H3. The Kier molecular flexibility index (Phi) is 5.30. The van der Waals surface area contributed by atoms with Crippen LogP contribution in [0.1, 0.15) is 18.7 Å². The topological polar surface area (TPSA) is 63.9 Å². The van der Waals surface area contributed by atoms with Crippen molar-refractivity contribution in [2.75, 3.05) is 24.2 Å². The zero-order valence-electron chi connectivity index (χ0n) is 15.9. The highest BCUT2D eigenvalue weighted by Gasteiger charge is 2.22. The molecule has 1 aromatic carbocycles. The minimum absolute atomic E-state index is 0.0923. The van der Waals surface area contributed by atoms with Crippen LogP contribution in [0.25, 0.3) is 10.9 Å². The molecule has 0 amide bonds. The largest absolute Gasteiger partial charge is 0.356 e. The number of nitrogens with zero attached hydrogens (tertiary/aromatic N) is 5. The number of hydrogen-bond acceptors (Lipinski definition) is 6. The van der Waals surface area contributed by atoms with Gasteiger partial charge in [0.15, 0.2) is 5.16 Å². The maximum atomic E-state index is 13.4. The molecule has 0 aliphatic carbocycles. The Labute approximate surface area is 166 Å². The van der Waals surface area contributed by atoms with E-state index in [1.165, 1.54) is 30.0 Å². The quantitative estimate of drug-likeness (QED) is 0.496. The molecule has 28 heavy (non-hydrogen) atoms. The number of rotatable bonds is 4. The molecule has 2 aromatic heterocycles. The lowest BCUT2D eigenvalue weighted by Gasteiger charge is -2.33. The van der Waals surface area contributed by atoms with Crippen molar-refractivity contribution < 1.29 is 4.39 Å². The number of benzene rings is 1. The minimum Gasteiger partial charge on any atom is -0.356 e. The van der Waals surface area contributed by atoms with Crippen molar-refractivity contribution in [3.05, 3.63) is 52.5 Å². The van der Waals surface area contributed by atoms with E-state index in [0.717, 1.165) is 36.9 Å². The number of fused-ring (bicyclic) bond motifs is 1. The van der Waals surface area contributed by atoms with Crippen molar-refractivity contribution in [1.82, 2.24) is 19.5 Å². The maximum Gasteiger partial charge on any atom is 0.261 e. The number of piperidine rings is 1. The number of thioether (sulfide) groups is 1. The molecule has 4 rings (SSSR count). The second-order valence-electron chi connectivity index (χ2n) is 7.07. The van der Waals surface area contributed by atoms with Crippen molar-refractivity contribution in [2.45, 2.75) is 31.5 Å². The normalized spacial score (nSPS) is 15.3. The van der Waals surface area contributed by atoms with E-state index in [2.05, 4.69) is 19.9 Å². The van der Waals surface area contributed by atoms with Gasteiger partial charge in [-0.2, -0.15) is 0 Å². The summed E-state index contributed by atoms with van der Waals surface area (Å²) in [5.41, 5.74) is 0.326. The Hall–Kier alpha value is -2.48. The summed E-state index contributed by atoms with van der Waals surface area (Å²) in [4.78, 5) is 28.4. The molecule has 1 aliphatic rings. The third kappa shape index (κ3) is 3.73. The molecule has 8 heteroatoms. The highest BCUT2D eigenvalue weighted by molar-refractivity contribution is 7.98. The highest BCUT2D eigenvalue weighted by atomic mass is 32.2. The second-order valence-corrected chi connectivity index (χ2v) is 7.84. The number of hydrogen-bond donors (Lipinski definition) is 0. The van der Waals surface area contributed by atoms with E-state index < -0.39 is 0 Å². The van der Waals surface area contributed by atoms with E-state index in [1.807, 2.05) is 19.2 Å². The summed E-state index contributed by atoms with van der Waals surface area (Å²) in [5.74, 6) is 1.61. The van der Waals surface area contributed by atoms with E-state index in [0.29, 0.717) is 29.2 Å². The molecule has 0 saturated carbocycles. The van der Waals surface area contributed by atoms with E-state index in [-0.39, 0.29) is 11.4 Å². The fourth-order valence-corrected chi connectivity index (χ4v) is 4.08. The summed E-state index contributed by atoms with van der Waals surface area (Å²) < 4.78 is 15.2. The van der Waals surface area contributed by atoms with Gasteiger partial charge in [-0.1, -0.05) is 11.8 Å². The maximum absolute atomic E-state index is 13.4. The van der Waals surface area contributed by atoms with E-state index in [1.54, 1.807) is 10.8 Å². The van der Waals surface area contributed by atoms with Crippen LogP contribution in [-0.4, -0.2) is 38.9 Å². The molecule has 0 unspecified atom stereocenters. The van der Waals surface area contributed by atoms with Gasteiger partial charge in [0.25, 0.3) is 5.56 Å². The Morgan fingerprint density at radius 2 is 2.00 bits per heavy atom. The molecule has 0 N–H and O–H groups in total. The van der Waals surface area contributed by atoms with Gasteiger partial charge < -0.3 is 4.90 Å². The minimum atomic E-state index is -0.377. The zero-order valence-corrected chi connectivity index (χ0v) is 16.7. The first-order valence-corrected chi connectivity index (χ1v) is 10.6. The van der Waals surface area contributed by atoms with Crippen molar-refractivity contribution in [3.8, 4) is 0 Å². The Morgan fingerprint density at radius 3 is 2.75 bits per heavy atom. The Bertz CT molecular complexity index is 1060. The van der Waals surface area contributed by atoms with Gasteiger partial charge in [-0.05, 0) is 50.1 Å². The van der Waals surface area contributed by atoms with Crippen molar-refractivity contribution in [1.29, 1.82) is 0 Å². The third-order valence-corrected chi connectivity index (χ3v) is 5.85. The predicted molar refractivity (Wildman–Crippen MR) is 109 cm³/mol. The van der Waals surface area contributed by atoms with Crippen LogP contribution in [0, 0.1) is 18.7 Å². The van der Waals surface area contributed by atoms with Crippen LogP contribution in [0.3, 0.4) is 0 Å². The van der Waals surface area contributed by atoms with Crippen LogP contribution in [-0.2, 0) is 6.54 Å².